The second kappa shape index (κ2) is 8.98. The molecule has 0 aliphatic carbocycles. The third kappa shape index (κ3) is 8.03. The number of hydrogen-bond donors (Lipinski definition) is 0. The van der Waals surface area contributed by atoms with Gasteiger partial charge < -0.3 is 4.74 Å². The number of nitrogens with zero attached hydrogens (tertiary/aromatic N) is 2. The van der Waals surface area contributed by atoms with Gasteiger partial charge in [0, 0.05) is 32.7 Å². The third-order valence-electron chi connectivity index (χ3n) is 1.92. The van der Waals surface area contributed by atoms with E-state index < -0.39 is 0 Å². The molecular formula is C11H22N2O. The van der Waals surface area contributed by atoms with Crippen LogP contribution in [0.25, 0.3) is 0 Å². The zero-order chi connectivity index (χ0) is 10.8. The molecule has 3 nitrogen and oxygen atoms in total. The van der Waals surface area contributed by atoms with Crippen LogP contribution in [0.3, 0.4) is 0 Å². The first kappa shape index (κ1) is 13.4. The van der Waals surface area contributed by atoms with Crippen LogP contribution >= 0.6 is 0 Å². The molecule has 14 heavy (non-hydrogen) atoms. The summed E-state index contributed by atoms with van der Waals surface area (Å²) >= 11 is 0. The monoisotopic (exact) mass is 198 g/mol. The molecule has 3 heteroatoms. The van der Waals surface area contributed by atoms with E-state index in [4.69, 9.17) is 10.00 Å². The van der Waals surface area contributed by atoms with E-state index in [0.29, 0.717) is 12.3 Å². The van der Waals surface area contributed by atoms with E-state index in [9.17, 15) is 0 Å². The van der Waals surface area contributed by atoms with Crippen LogP contribution in [0.4, 0.5) is 0 Å². The summed E-state index contributed by atoms with van der Waals surface area (Å²) in [5, 5.41) is 8.51. The van der Waals surface area contributed by atoms with Crippen molar-refractivity contribution >= 4 is 0 Å². The number of nitriles is 1. The molecule has 0 aromatic carbocycles. The Labute approximate surface area is 87.7 Å². The first-order valence-corrected chi connectivity index (χ1v) is 5.37. The van der Waals surface area contributed by atoms with Gasteiger partial charge in [-0.05, 0) is 12.8 Å². The van der Waals surface area contributed by atoms with Gasteiger partial charge in [0.1, 0.15) is 0 Å². The standard InChI is InChI=1S/C11H22N2O/c1-4-14-9-8-13(7-5-6-12)10-11(2)3/h11H,4-5,7-10H2,1-3H3. The average Bonchev–Trinajstić information content (AvgIpc) is 2.13. The summed E-state index contributed by atoms with van der Waals surface area (Å²) in [7, 11) is 0. The van der Waals surface area contributed by atoms with Crippen molar-refractivity contribution in [1.29, 1.82) is 5.26 Å². The van der Waals surface area contributed by atoms with Gasteiger partial charge in [0.05, 0.1) is 12.7 Å². The Morgan fingerprint density at radius 2 is 2.07 bits per heavy atom. The van der Waals surface area contributed by atoms with E-state index in [1.165, 1.54) is 0 Å². The molecule has 0 bridgehead atoms. The summed E-state index contributed by atoms with van der Waals surface area (Å²) in [6.07, 6.45) is 0.610. The predicted molar refractivity (Wildman–Crippen MR) is 58.0 cm³/mol. The molecule has 0 aromatic heterocycles. The summed E-state index contributed by atoms with van der Waals surface area (Å²) in [4.78, 5) is 2.30. The van der Waals surface area contributed by atoms with Crippen molar-refractivity contribution in [3.05, 3.63) is 0 Å². The highest BCUT2D eigenvalue weighted by Crippen LogP contribution is 1.99. The molecule has 0 aliphatic heterocycles. The van der Waals surface area contributed by atoms with E-state index >= 15 is 0 Å². The molecule has 0 amide bonds. The van der Waals surface area contributed by atoms with Crippen molar-refractivity contribution in [2.45, 2.75) is 27.2 Å². The maximum atomic E-state index is 8.51. The summed E-state index contributed by atoms with van der Waals surface area (Å²) in [6.45, 7) is 10.8. The highest BCUT2D eigenvalue weighted by atomic mass is 16.5. The maximum absolute atomic E-state index is 8.51. The predicted octanol–water partition coefficient (Wildman–Crippen LogP) is 1.89. The topological polar surface area (TPSA) is 36.3 Å². The Morgan fingerprint density at radius 1 is 1.36 bits per heavy atom. The molecular weight excluding hydrogens is 176 g/mol. The van der Waals surface area contributed by atoms with Crippen LogP contribution in [0.1, 0.15) is 27.2 Å². The lowest BCUT2D eigenvalue weighted by atomic mass is 10.2. The Kier molecular flexibility index (Phi) is 8.61. The molecule has 82 valence electrons. The van der Waals surface area contributed by atoms with Crippen LogP contribution in [0, 0.1) is 17.2 Å². The minimum atomic E-state index is 0.610. The van der Waals surface area contributed by atoms with Gasteiger partial charge in [-0.15, -0.1) is 0 Å². The van der Waals surface area contributed by atoms with Gasteiger partial charge in [-0.1, -0.05) is 13.8 Å². The minimum absolute atomic E-state index is 0.610. The normalized spacial score (nSPS) is 10.9. The van der Waals surface area contributed by atoms with Gasteiger partial charge in [0.2, 0.25) is 0 Å². The molecule has 0 rings (SSSR count). The quantitative estimate of drug-likeness (QED) is 0.559. The fraction of sp³-hybridized carbons (Fsp3) is 0.909. The van der Waals surface area contributed by atoms with Gasteiger partial charge in [-0.2, -0.15) is 5.26 Å². The molecule has 0 atom stereocenters. The van der Waals surface area contributed by atoms with Crippen molar-refractivity contribution in [2.75, 3.05) is 32.8 Å². The Balaban J connectivity index is 3.67. The largest absolute Gasteiger partial charge is 0.380 e. The highest BCUT2D eigenvalue weighted by molar-refractivity contribution is 4.72. The molecule has 0 saturated heterocycles. The molecule has 0 fully saturated rings. The lowest BCUT2D eigenvalue weighted by molar-refractivity contribution is 0.109. The maximum Gasteiger partial charge on any atom is 0.0635 e. The average molecular weight is 198 g/mol. The summed E-state index contributed by atoms with van der Waals surface area (Å²) in [6, 6.07) is 2.18. The molecule has 0 saturated carbocycles. The lowest BCUT2D eigenvalue weighted by Gasteiger charge is -2.22. The molecule has 0 heterocycles. The second-order valence-electron chi connectivity index (χ2n) is 3.80. The Hall–Kier alpha value is -0.590. The Bertz CT molecular complexity index is 163. The van der Waals surface area contributed by atoms with E-state index in [1.807, 2.05) is 6.92 Å². The van der Waals surface area contributed by atoms with Crippen LogP contribution in [0.2, 0.25) is 0 Å². The van der Waals surface area contributed by atoms with Gasteiger partial charge in [0.25, 0.3) is 0 Å². The van der Waals surface area contributed by atoms with E-state index in [0.717, 1.165) is 32.8 Å². The van der Waals surface area contributed by atoms with Gasteiger partial charge in [-0.25, -0.2) is 0 Å². The third-order valence-corrected chi connectivity index (χ3v) is 1.92. The van der Waals surface area contributed by atoms with E-state index in [1.54, 1.807) is 0 Å². The summed E-state index contributed by atoms with van der Waals surface area (Å²) in [5.41, 5.74) is 0. The van der Waals surface area contributed by atoms with E-state index in [2.05, 4.69) is 24.8 Å². The van der Waals surface area contributed by atoms with Crippen LogP contribution in [0.5, 0.6) is 0 Å². The molecule has 0 aliphatic rings. The molecule has 0 unspecified atom stereocenters. The minimum Gasteiger partial charge on any atom is -0.380 e. The van der Waals surface area contributed by atoms with Crippen molar-refractivity contribution in [3.8, 4) is 6.07 Å². The number of ether oxygens (including phenoxy) is 1. The van der Waals surface area contributed by atoms with Crippen LogP contribution in [-0.2, 0) is 4.74 Å². The van der Waals surface area contributed by atoms with Crippen LogP contribution < -0.4 is 0 Å². The molecule has 0 radical (unpaired) electrons. The van der Waals surface area contributed by atoms with Crippen molar-refractivity contribution < 1.29 is 4.74 Å². The Morgan fingerprint density at radius 3 is 2.57 bits per heavy atom. The molecule has 0 aromatic rings. The molecule has 0 spiro atoms. The van der Waals surface area contributed by atoms with Gasteiger partial charge in [0.15, 0.2) is 0 Å². The summed E-state index contributed by atoms with van der Waals surface area (Å²) in [5.74, 6) is 0.648. The van der Waals surface area contributed by atoms with Crippen molar-refractivity contribution in [3.63, 3.8) is 0 Å². The lowest BCUT2D eigenvalue weighted by Crippen LogP contribution is -2.32. The van der Waals surface area contributed by atoms with Gasteiger partial charge >= 0.3 is 0 Å². The van der Waals surface area contributed by atoms with Gasteiger partial charge in [-0.3, -0.25) is 4.90 Å². The summed E-state index contributed by atoms with van der Waals surface area (Å²) < 4.78 is 5.30. The fourth-order valence-corrected chi connectivity index (χ4v) is 1.36. The SMILES string of the molecule is CCOCCN(CCC#N)CC(C)C. The first-order chi connectivity index (χ1) is 6.70. The highest BCUT2D eigenvalue weighted by Gasteiger charge is 2.06. The smallest absolute Gasteiger partial charge is 0.0635 e. The first-order valence-electron chi connectivity index (χ1n) is 5.37. The van der Waals surface area contributed by atoms with Crippen LogP contribution in [0.15, 0.2) is 0 Å². The second-order valence-corrected chi connectivity index (χ2v) is 3.80. The van der Waals surface area contributed by atoms with E-state index in [-0.39, 0.29) is 0 Å². The number of rotatable bonds is 8. The van der Waals surface area contributed by atoms with Crippen molar-refractivity contribution in [1.82, 2.24) is 4.90 Å². The zero-order valence-electron chi connectivity index (χ0n) is 9.62. The zero-order valence-corrected chi connectivity index (χ0v) is 9.62. The van der Waals surface area contributed by atoms with Crippen molar-refractivity contribution in [2.24, 2.45) is 5.92 Å². The molecule has 0 N–H and O–H groups in total. The fourth-order valence-electron chi connectivity index (χ4n) is 1.36. The van der Waals surface area contributed by atoms with Crippen LogP contribution in [-0.4, -0.2) is 37.7 Å². The number of hydrogen-bond acceptors (Lipinski definition) is 3.